The molecule has 2 heterocycles. The smallest absolute Gasteiger partial charge is 0.208 e. The monoisotopic (exact) mass is 235 g/mol. The van der Waals surface area contributed by atoms with Gasteiger partial charge in [0, 0.05) is 12.7 Å². The van der Waals surface area contributed by atoms with E-state index in [1.54, 1.807) is 17.1 Å². The van der Waals surface area contributed by atoms with Crippen molar-refractivity contribution in [3.05, 3.63) is 33.5 Å². The van der Waals surface area contributed by atoms with Crippen LogP contribution >= 0.6 is 11.3 Å². The van der Waals surface area contributed by atoms with Gasteiger partial charge < -0.3 is 0 Å². The summed E-state index contributed by atoms with van der Waals surface area (Å²) in [6.07, 6.45) is 3.39. The largest absolute Gasteiger partial charge is 0.287 e. The van der Waals surface area contributed by atoms with Crippen molar-refractivity contribution in [2.24, 2.45) is 0 Å². The minimum Gasteiger partial charge on any atom is -0.287 e. The summed E-state index contributed by atoms with van der Waals surface area (Å²) in [6, 6.07) is 0. The summed E-state index contributed by atoms with van der Waals surface area (Å²) < 4.78 is 1.75. The van der Waals surface area contributed by atoms with Crippen molar-refractivity contribution in [2.75, 3.05) is 0 Å². The van der Waals surface area contributed by atoms with E-state index < -0.39 is 0 Å². The number of hydrogen-bond donors (Lipinski definition) is 0. The predicted octanol–water partition coefficient (Wildman–Crippen LogP) is 2.21. The van der Waals surface area contributed by atoms with Gasteiger partial charge in [-0.1, -0.05) is 0 Å². The minimum absolute atomic E-state index is 0.0165. The topological polar surface area (TPSA) is 47.8 Å². The van der Waals surface area contributed by atoms with Crippen LogP contribution in [0.15, 0.2) is 12.4 Å². The van der Waals surface area contributed by atoms with Crippen LogP contribution in [0.25, 0.3) is 0 Å². The van der Waals surface area contributed by atoms with E-state index in [2.05, 4.69) is 10.1 Å². The van der Waals surface area contributed by atoms with Gasteiger partial charge in [0.15, 0.2) is 0 Å². The zero-order chi connectivity index (χ0) is 11.7. The molecule has 16 heavy (non-hydrogen) atoms. The van der Waals surface area contributed by atoms with E-state index in [1.807, 2.05) is 20.8 Å². The van der Waals surface area contributed by atoms with E-state index in [0.717, 1.165) is 17.2 Å². The van der Waals surface area contributed by atoms with Crippen molar-refractivity contribution in [2.45, 2.75) is 27.3 Å². The number of carbonyl (C=O) groups is 1. The second-order valence-corrected chi connectivity index (χ2v) is 4.76. The van der Waals surface area contributed by atoms with Crippen LogP contribution in [-0.2, 0) is 6.54 Å². The Kier molecular flexibility index (Phi) is 2.87. The number of ketones is 1. The molecule has 84 valence electrons. The fraction of sp³-hybridized carbons (Fsp3) is 0.364. The highest BCUT2D eigenvalue weighted by Gasteiger charge is 2.17. The van der Waals surface area contributed by atoms with Crippen LogP contribution in [-0.4, -0.2) is 20.5 Å². The van der Waals surface area contributed by atoms with Crippen molar-refractivity contribution >= 4 is 17.1 Å². The summed E-state index contributed by atoms with van der Waals surface area (Å²) in [6.45, 7) is 6.53. The summed E-state index contributed by atoms with van der Waals surface area (Å²) in [5.41, 5.74) is 1.44. The van der Waals surface area contributed by atoms with Gasteiger partial charge in [-0.15, -0.1) is 11.3 Å². The van der Waals surface area contributed by atoms with Crippen molar-refractivity contribution in [1.29, 1.82) is 0 Å². The quantitative estimate of drug-likeness (QED) is 0.766. The Hall–Kier alpha value is -1.49. The van der Waals surface area contributed by atoms with Gasteiger partial charge in [0.05, 0.1) is 27.3 Å². The maximum absolute atomic E-state index is 12.1. The molecule has 0 aliphatic heterocycles. The Balaban J connectivity index is 2.35. The lowest BCUT2D eigenvalue weighted by molar-refractivity contribution is 0.104. The molecule has 0 radical (unpaired) electrons. The second-order valence-electron chi connectivity index (χ2n) is 3.56. The number of nitrogens with zero attached hydrogens (tertiary/aromatic N) is 3. The standard InChI is InChI=1S/C11H13N3OS/c1-4-14-6-9(5-12-14)10(15)11-7(2)13-8(3)16-11/h5-6H,4H2,1-3H3. The van der Waals surface area contributed by atoms with E-state index in [1.165, 1.54) is 11.3 Å². The fourth-order valence-corrected chi connectivity index (χ4v) is 2.41. The van der Waals surface area contributed by atoms with Crippen molar-refractivity contribution < 1.29 is 4.79 Å². The average molecular weight is 235 g/mol. The van der Waals surface area contributed by atoms with Crippen LogP contribution < -0.4 is 0 Å². The molecule has 0 saturated heterocycles. The molecule has 4 nitrogen and oxygen atoms in total. The van der Waals surface area contributed by atoms with Crippen LogP contribution in [0, 0.1) is 13.8 Å². The molecule has 0 aliphatic rings. The van der Waals surface area contributed by atoms with E-state index in [9.17, 15) is 4.79 Å². The van der Waals surface area contributed by atoms with Crippen LogP contribution in [0.2, 0.25) is 0 Å². The van der Waals surface area contributed by atoms with Gasteiger partial charge in [-0.05, 0) is 20.8 Å². The van der Waals surface area contributed by atoms with Gasteiger partial charge >= 0.3 is 0 Å². The second kappa shape index (κ2) is 4.17. The molecule has 0 spiro atoms. The summed E-state index contributed by atoms with van der Waals surface area (Å²) in [5, 5.41) is 5.02. The van der Waals surface area contributed by atoms with Crippen LogP contribution in [0.4, 0.5) is 0 Å². The van der Waals surface area contributed by atoms with Gasteiger partial charge in [0.2, 0.25) is 5.78 Å². The molecule has 0 aromatic carbocycles. The van der Waals surface area contributed by atoms with E-state index >= 15 is 0 Å². The lowest BCUT2D eigenvalue weighted by Gasteiger charge is -1.94. The molecule has 0 unspecified atom stereocenters. The maximum atomic E-state index is 12.1. The average Bonchev–Trinajstić information content (AvgIpc) is 2.84. The maximum Gasteiger partial charge on any atom is 0.208 e. The van der Waals surface area contributed by atoms with Gasteiger partial charge in [-0.2, -0.15) is 5.10 Å². The molecular formula is C11H13N3OS. The highest BCUT2D eigenvalue weighted by Crippen LogP contribution is 2.20. The minimum atomic E-state index is 0.0165. The summed E-state index contributed by atoms with van der Waals surface area (Å²) in [4.78, 5) is 17.1. The van der Waals surface area contributed by atoms with Crippen LogP contribution in [0.3, 0.4) is 0 Å². The highest BCUT2D eigenvalue weighted by atomic mass is 32.1. The molecule has 0 fully saturated rings. The van der Waals surface area contributed by atoms with Gasteiger partial charge in [-0.25, -0.2) is 4.98 Å². The summed E-state index contributed by atoms with van der Waals surface area (Å²) >= 11 is 1.44. The number of aryl methyl sites for hydroxylation is 3. The molecule has 0 amide bonds. The number of carbonyl (C=O) groups excluding carboxylic acids is 1. The van der Waals surface area contributed by atoms with Gasteiger partial charge in [0.25, 0.3) is 0 Å². The first kappa shape index (κ1) is 11.0. The Morgan fingerprint density at radius 2 is 2.25 bits per heavy atom. The molecule has 0 atom stereocenters. The Morgan fingerprint density at radius 1 is 1.50 bits per heavy atom. The molecule has 0 aliphatic carbocycles. The molecule has 2 rings (SSSR count). The number of rotatable bonds is 3. The number of aromatic nitrogens is 3. The van der Waals surface area contributed by atoms with Crippen LogP contribution in [0.1, 0.15) is 32.9 Å². The zero-order valence-electron chi connectivity index (χ0n) is 9.52. The normalized spacial score (nSPS) is 10.7. The molecule has 0 saturated carbocycles. The SMILES string of the molecule is CCn1cc(C(=O)c2sc(C)nc2C)cn1. The van der Waals surface area contributed by atoms with Crippen molar-refractivity contribution in [1.82, 2.24) is 14.8 Å². The first-order valence-corrected chi connectivity index (χ1v) is 5.94. The number of hydrogen-bond acceptors (Lipinski definition) is 4. The molecule has 0 N–H and O–H groups in total. The Bertz CT molecular complexity index is 527. The fourth-order valence-electron chi connectivity index (χ4n) is 1.53. The third-order valence-corrected chi connectivity index (χ3v) is 3.40. The zero-order valence-corrected chi connectivity index (χ0v) is 10.3. The lowest BCUT2D eigenvalue weighted by Crippen LogP contribution is -1.99. The Labute approximate surface area is 97.9 Å². The van der Waals surface area contributed by atoms with Crippen molar-refractivity contribution in [3.63, 3.8) is 0 Å². The summed E-state index contributed by atoms with van der Waals surface area (Å²) in [7, 11) is 0. The number of thiazole rings is 1. The van der Waals surface area contributed by atoms with Gasteiger partial charge in [-0.3, -0.25) is 9.48 Å². The highest BCUT2D eigenvalue weighted by molar-refractivity contribution is 7.14. The third kappa shape index (κ3) is 1.90. The van der Waals surface area contributed by atoms with E-state index in [0.29, 0.717) is 10.4 Å². The third-order valence-electron chi connectivity index (χ3n) is 2.33. The summed E-state index contributed by atoms with van der Waals surface area (Å²) in [5.74, 6) is 0.0165. The predicted molar refractivity (Wildman–Crippen MR) is 62.9 cm³/mol. The first-order valence-electron chi connectivity index (χ1n) is 5.13. The molecule has 2 aromatic rings. The molecule has 5 heteroatoms. The molecule has 2 aromatic heterocycles. The van der Waals surface area contributed by atoms with Gasteiger partial charge in [0.1, 0.15) is 0 Å². The van der Waals surface area contributed by atoms with Crippen molar-refractivity contribution in [3.8, 4) is 0 Å². The lowest BCUT2D eigenvalue weighted by atomic mass is 10.2. The van der Waals surface area contributed by atoms with E-state index in [-0.39, 0.29) is 5.78 Å². The molecule has 0 bridgehead atoms. The molecular weight excluding hydrogens is 222 g/mol. The Morgan fingerprint density at radius 3 is 2.75 bits per heavy atom. The van der Waals surface area contributed by atoms with E-state index in [4.69, 9.17) is 0 Å². The van der Waals surface area contributed by atoms with Crippen LogP contribution in [0.5, 0.6) is 0 Å². The first-order chi connectivity index (χ1) is 7.61.